The smallest absolute Gasteiger partial charge is 0.124 e. The zero-order valence-corrected chi connectivity index (χ0v) is 12.4. The Balaban J connectivity index is 2.08. The van der Waals surface area contributed by atoms with Crippen LogP contribution in [0.4, 0.5) is 4.39 Å². The van der Waals surface area contributed by atoms with Gasteiger partial charge in [0, 0.05) is 31.6 Å². The van der Waals surface area contributed by atoms with Crippen molar-refractivity contribution in [1.82, 2.24) is 4.90 Å². The van der Waals surface area contributed by atoms with Crippen LogP contribution in [0.3, 0.4) is 0 Å². The minimum Gasteiger partial charge on any atom is -0.395 e. The number of piperidine rings is 1. The number of halogens is 1. The summed E-state index contributed by atoms with van der Waals surface area (Å²) in [5.74, 6) is 5.48. The Morgan fingerprint density at radius 1 is 1.33 bits per heavy atom. The van der Waals surface area contributed by atoms with Gasteiger partial charge < -0.3 is 10.2 Å². The normalized spacial score (nSPS) is 18.1. The Hall–Kier alpha value is -1.41. The maximum absolute atomic E-state index is 13.4. The molecular formula is C17H22FNO2. The summed E-state index contributed by atoms with van der Waals surface area (Å²) in [6.07, 6.45) is 1.89. The zero-order chi connectivity index (χ0) is 15.3. The summed E-state index contributed by atoms with van der Waals surface area (Å²) in [6.45, 7) is 4.24. The Bertz CT molecular complexity index is 535. The van der Waals surface area contributed by atoms with Gasteiger partial charge in [-0.05, 0) is 37.5 Å². The van der Waals surface area contributed by atoms with Gasteiger partial charge in [0.1, 0.15) is 5.82 Å². The van der Waals surface area contributed by atoms with Gasteiger partial charge in [-0.3, -0.25) is 4.90 Å². The van der Waals surface area contributed by atoms with Crippen molar-refractivity contribution in [2.75, 3.05) is 19.7 Å². The van der Waals surface area contributed by atoms with E-state index in [9.17, 15) is 9.50 Å². The van der Waals surface area contributed by atoms with Crippen LogP contribution in [0, 0.1) is 17.7 Å². The minimum atomic E-state index is -0.566. The molecule has 0 radical (unpaired) electrons. The molecule has 0 bridgehead atoms. The van der Waals surface area contributed by atoms with E-state index in [0.29, 0.717) is 18.5 Å². The number of hydrogen-bond acceptors (Lipinski definition) is 3. The molecule has 0 unspecified atom stereocenters. The molecule has 1 aromatic carbocycles. The first kappa shape index (κ1) is 16.0. The molecule has 3 nitrogen and oxygen atoms in total. The van der Waals surface area contributed by atoms with Crippen molar-refractivity contribution in [3.05, 3.63) is 35.1 Å². The monoisotopic (exact) mass is 291 g/mol. The van der Waals surface area contributed by atoms with Crippen LogP contribution in [0.5, 0.6) is 0 Å². The van der Waals surface area contributed by atoms with E-state index in [0.717, 1.165) is 31.5 Å². The summed E-state index contributed by atoms with van der Waals surface area (Å²) < 4.78 is 13.4. The fourth-order valence-electron chi connectivity index (χ4n) is 2.45. The number of aliphatic hydroxyl groups excluding tert-OH is 1. The average molecular weight is 291 g/mol. The largest absolute Gasteiger partial charge is 0.395 e. The van der Waals surface area contributed by atoms with Gasteiger partial charge in [-0.1, -0.05) is 17.9 Å². The predicted octanol–water partition coefficient (Wildman–Crippen LogP) is 1.91. The fourth-order valence-corrected chi connectivity index (χ4v) is 2.45. The maximum atomic E-state index is 13.4. The maximum Gasteiger partial charge on any atom is 0.124 e. The topological polar surface area (TPSA) is 43.7 Å². The molecule has 1 aliphatic heterocycles. The van der Waals surface area contributed by atoms with E-state index in [1.54, 1.807) is 6.07 Å². The molecular weight excluding hydrogens is 269 g/mol. The van der Waals surface area contributed by atoms with E-state index in [-0.39, 0.29) is 12.4 Å². The molecule has 1 aliphatic rings. The van der Waals surface area contributed by atoms with E-state index < -0.39 is 5.60 Å². The standard InChI is InChI=1S/C17H22FNO2/c1-17(21)7-9-19(10-8-17)13-15-5-6-16(18)12-14(15)4-2-3-11-20/h5-6,12,20-21H,3,7-11,13H2,1H3. The average Bonchev–Trinajstić information content (AvgIpc) is 2.44. The van der Waals surface area contributed by atoms with Crippen molar-refractivity contribution >= 4 is 0 Å². The first-order valence-corrected chi connectivity index (χ1v) is 7.33. The Labute approximate surface area is 125 Å². The molecule has 0 aliphatic carbocycles. The van der Waals surface area contributed by atoms with E-state index in [2.05, 4.69) is 16.7 Å². The van der Waals surface area contributed by atoms with Crippen LogP contribution in [-0.4, -0.2) is 40.4 Å². The second-order valence-corrected chi connectivity index (χ2v) is 5.85. The molecule has 0 atom stereocenters. The van der Waals surface area contributed by atoms with Gasteiger partial charge in [-0.25, -0.2) is 4.39 Å². The first-order chi connectivity index (χ1) is 10.00. The van der Waals surface area contributed by atoms with Crippen LogP contribution in [0.2, 0.25) is 0 Å². The predicted molar refractivity (Wildman–Crippen MR) is 80.1 cm³/mol. The second kappa shape index (κ2) is 7.04. The molecule has 114 valence electrons. The van der Waals surface area contributed by atoms with Gasteiger partial charge in [0.05, 0.1) is 12.2 Å². The van der Waals surface area contributed by atoms with Gasteiger partial charge in [0.15, 0.2) is 0 Å². The van der Waals surface area contributed by atoms with Gasteiger partial charge in [0.25, 0.3) is 0 Å². The molecule has 21 heavy (non-hydrogen) atoms. The van der Waals surface area contributed by atoms with Crippen LogP contribution < -0.4 is 0 Å². The third-order valence-electron chi connectivity index (χ3n) is 3.86. The number of benzene rings is 1. The summed E-state index contributed by atoms with van der Waals surface area (Å²) in [7, 11) is 0. The molecule has 4 heteroatoms. The highest BCUT2D eigenvalue weighted by atomic mass is 19.1. The molecule has 0 saturated carbocycles. The molecule has 1 aromatic rings. The highest BCUT2D eigenvalue weighted by Crippen LogP contribution is 2.23. The molecule has 1 fully saturated rings. The number of rotatable bonds is 3. The molecule has 0 spiro atoms. The lowest BCUT2D eigenvalue weighted by atomic mass is 9.93. The third kappa shape index (κ3) is 4.82. The summed E-state index contributed by atoms with van der Waals surface area (Å²) in [5, 5.41) is 18.7. The van der Waals surface area contributed by atoms with Crippen LogP contribution in [0.25, 0.3) is 0 Å². The van der Waals surface area contributed by atoms with Gasteiger partial charge in [-0.2, -0.15) is 0 Å². The van der Waals surface area contributed by atoms with Crippen molar-refractivity contribution < 1.29 is 14.6 Å². The highest BCUT2D eigenvalue weighted by Gasteiger charge is 2.27. The Morgan fingerprint density at radius 3 is 2.71 bits per heavy atom. The minimum absolute atomic E-state index is 0.0128. The van der Waals surface area contributed by atoms with Crippen LogP contribution >= 0.6 is 0 Å². The van der Waals surface area contributed by atoms with Crippen molar-refractivity contribution in [2.45, 2.75) is 38.3 Å². The third-order valence-corrected chi connectivity index (χ3v) is 3.86. The molecule has 1 heterocycles. The number of hydrogen-bond donors (Lipinski definition) is 2. The van der Waals surface area contributed by atoms with Gasteiger partial charge in [0.2, 0.25) is 0 Å². The molecule has 2 N–H and O–H groups in total. The van der Waals surface area contributed by atoms with Crippen LogP contribution in [-0.2, 0) is 6.54 Å². The van der Waals surface area contributed by atoms with Crippen molar-refractivity contribution in [3.63, 3.8) is 0 Å². The Morgan fingerprint density at radius 2 is 2.05 bits per heavy atom. The molecule has 0 aromatic heterocycles. The SMILES string of the molecule is CC1(O)CCN(Cc2ccc(F)cc2C#CCCO)CC1. The van der Waals surface area contributed by atoms with Crippen molar-refractivity contribution in [3.8, 4) is 11.8 Å². The van der Waals surface area contributed by atoms with Crippen molar-refractivity contribution in [2.24, 2.45) is 0 Å². The summed E-state index contributed by atoms with van der Waals surface area (Å²) >= 11 is 0. The lowest BCUT2D eigenvalue weighted by Crippen LogP contribution is -2.42. The lowest BCUT2D eigenvalue weighted by molar-refractivity contribution is -0.00731. The van der Waals surface area contributed by atoms with E-state index in [1.165, 1.54) is 12.1 Å². The quantitative estimate of drug-likeness (QED) is 0.836. The summed E-state index contributed by atoms with van der Waals surface area (Å²) in [5.41, 5.74) is 1.10. The van der Waals surface area contributed by atoms with Crippen LogP contribution in [0.15, 0.2) is 18.2 Å². The first-order valence-electron chi connectivity index (χ1n) is 7.33. The van der Waals surface area contributed by atoms with E-state index >= 15 is 0 Å². The summed E-state index contributed by atoms with van der Waals surface area (Å²) in [6, 6.07) is 4.66. The molecule has 1 saturated heterocycles. The van der Waals surface area contributed by atoms with E-state index in [1.807, 2.05) is 6.92 Å². The van der Waals surface area contributed by atoms with Gasteiger partial charge in [-0.15, -0.1) is 0 Å². The highest BCUT2D eigenvalue weighted by molar-refractivity contribution is 5.41. The van der Waals surface area contributed by atoms with Gasteiger partial charge >= 0.3 is 0 Å². The lowest BCUT2D eigenvalue weighted by Gasteiger charge is -2.35. The fraction of sp³-hybridized carbons (Fsp3) is 0.529. The van der Waals surface area contributed by atoms with Crippen molar-refractivity contribution in [1.29, 1.82) is 0 Å². The number of aliphatic hydroxyl groups is 2. The zero-order valence-electron chi connectivity index (χ0n) is 12.4. The molecule has 0 amide bonds. The number of nitrogens with zero attached hydrogens (tertiary/aromatic N) is 1. The Kier molecular flexibility index (Phi) is 5.35. The second-order valence-electron chi connectivity index (χ2n) is 5.85. The molecule has 2 rings (SSSR count). The van der Waals surface area contributed by atoms with E-state index in [4.69, 9.17) is 5.11 Å². The number of likely N-dealkylation sites (tertiary alicyclic amines) is 1. The van der Waals surface area contributed by atoms with Crippen LogP contribution in [0.1, 0.15) is 37.3 Å². The summed E-state index contributed by atoms with van der Waals surface area (Å²) in [4.78, 5) is 2.25.